The second-order valence-corrected chi connectivity index (χ2v) is 5.88. The SMILES string of the molecule is c1ccc(-c2nc3n(n2)CCC(COC2CCOCC2)=N3)cc1. The number of benzene rings is 1. The van der Waals surface area contributed by atoms with Crippen molar-refractivity contribution in [2.75, 3.05) is 19.8 Å². The van der Waals surface area contributed by atoms with Gasteiger partial charge in [0.05, 0.1) is 19.3 Å². The topological polar surface area (TPSA) is 61.5 Å². The molecule has 0 atom stereocenters. The molecule has 1 aromatic carbocycles. The first-order valence-corrected chi connectivity index (χ1v) is 8.14. The molecule has 0 amide bonds. The quantitative estimate of drug-likeness (QED) is 0.870. The first-order chi connectivity index (χ1) is 11.4. The van der Waals surface area contributed by atoms with Crippen LogP contribution in [0.5, 0.6) is 0 Å². The largest absolute Gasteiger partial charge is 0.381 e. The van der Waals surface area contributed by atoms with E-state index < -0.39 is 0 Å². The van der Waals surface area contributed by atoms with Crippen molar-refractivity contribution in [3.8, 4) is 11.4 Å². The zero-order chi connectivity index (χ0) is 15.5. The number of aryl methyl sites for hydroxylation is 1. The van der Waals surface area contributed by atoms with Gasteiger partial charge in [-0.2, -0.15) is 4.98 Å². The Morgan fingerprint density at radius 3 is 2.83 bits per heavy atom. The number of ether oxygens (including phenoxy) is 2. The minimum Gasteiger partial charge on any atom is -0.381 e. The van der Waals surface area contributed by atoms with E-state index in [9.17, 15) is 0 Å². The molecule has 0 aliphatic carbocycles. The van der Waals surface area contributed by atoms with Gasteiger partial charge < -0.3 is 9.47 Å². The van der Waals surface area contributed by atoms with Crippen molar-refractivity contribution in [1.29, 1.82) is 0 Å². The van der Waals surface area contributed by atoms with Gasteiger partial charge in [0.15, 0.2) is 5.82 Å². The van der Waals surface area contributed by atoms with Gasteiger partial charge in [0.1, 0.15) is 0 Å². The summed E-state index contributed by atoms with van der Waals surface area (Å²) in [5.74, 6) is 1.41. The summed E-state index contributed by atoms with van der Waals surface area (Å²) in [7, 11) is 0. The van der Waals surface area contributed by atoms with Gasteiger partial charge in [-0.1, -0.05) is 30.3 Å². The number of aliphatic imine (C=N–C) groups is 1. The first-order valence-electron chi connectivity index (χ1n) is 8.14. The number of nitrogens with zero attached hydrogens (tertiary/aromatic N) is 4. The maximum Gasteiger partial charge on any atom is 0.248 e. The number of fused-ring (bicyclic) bond motifs is 1. The maximum atomic E-state index is 5.96. The monoisotopic (exact) mass is 312 g/mol. The van der Waals surface area contributed by atoms with E-state index >= 15 is 0 Å². The molecule has 0 N–H and O–H groups in total. The molecule has 0 saturated carbocycles. The van der Waals surface area contributed by atoms with Crippen molar-refractivity contribution in [3.63, 3.8) is 0 Å². The van der Waals surface area contributed by atoms with Crippen LogP contribution in [-0.2, 0) is 16.0 Å². The molecular weight excluding hydrogens is 292 g/mol. The lowest BCUT2D eigenvalue weighted by Gasteiger charge is -2.23. The van der Waals surface area contributed by atoms with E-state index in [1.54, 1.807) is 0 Å². The molecule has 6 nitrogen and oxygen atoms in total. The molecule has 2 aliphatic heterocycles. The number of hydrogen-bond donors (Lipinski definition) is 0. The summed E-state index contributed by atoms with van der Waals surface area (Å²) < 4.78 is 13.2. The fourth-order valence-electron chi connectivity index (χ4n) is 2.87. The minimum atomic E-state index is 0.297. The van der Waals surface area contributed by atoms with Crippen molar-refractivity contribution in [2.45, 2.75) is 31.9 Å². The molecule has 0 radical (unpaired) electrons. The third kappa shape index (κ3) is 3.33. The maximum absolute atomic E-state index is 5.96. The van der Waals surface area contributed by atoms with Crippen LogP contribution in [-0.4, -0.2) is 46.4 Å². The highest BCUT2D eigenvalue weighted by atomic mass is 16.5. The summed E-state index contributed by atoms with van der Waals surface area (Å²) in [6.07, 6.45) is 3.11. The van der Waals surface area contributed by atoms with Crippen LogP contribution in [0.2, 0.25) is 0 Å². The van der Waals surface area contributed by atoms with Gasteiger partial charge >= 0.3 is 0 Å². The van der Waals surface area contributed by atoms with Crippen molar-refractivity contribution >= 4 is 11.7 Å². The molecule has 4 rings (SSSR count). The van der Waals surface area contributed by atoms with Gasteiger partial charge in [-0.15, -0.1) is 5.10 Å². The Labute approximate surface area is 135 Å². The van der Waals surface area contributed by atoms with Gasteiger partial charge in [-0.05, 0) is 12.8 Å². The highest BCUT2D eigenvalue weighted by Gasteiger charge is 2.19. The lowest BCUT2D eigenvalue weighted by atomic mass is 10.1. The zero-order valence-electron chi connectivity index (χ0n) is 13.0. The van der Waals surface area contributed by atoms with E-state index in [1.807, 2.05) is 35.0 Å². The van der Waals surface area contributed by atoms with Crippen LogP contribution in [0.4, 0.5) is 5.95 Å². The van der Waals surface area contributed by atoms with Crippen molar-refractivity contribution in [2.24, 2.45) is 4.99 Å². The van der Waals surface area contributed by atoms with Crippen LogP contribution in [0.1, 0.15) is 19.3 Å². The van der Waals surface area contributed by atoms with Gasteiger partial charge in [0.25, 0.3) is 0 Å². The fraction of sp³-hybridized carbons (Fsp3) is 0.471. The van der Waals surface area contributed by atoms with Crippen molar-refractivity contribution in [1.82, 2.24) is 14.8 Å². The third-order valence-corrected chi connectivity index (χ3v) is 4.21. The van der Waals surface area contributed by atoms with Crippen LogP contribution < -0.4 is 0 Å². The number of aromatic nitrogens is 3. The van der Waals surface area contributed by atoms with E-state index in [4.69, 9.17) is 9.47 Å². The van der Waals surface area contributed by atoms with Gasteiger partial charge in [0, 0.05) is 30.9 Å². The molecule has 1 aromatic heterocycles. The molecule has 1 saturated heterocycles. The molecule has 0 spiro atoms. The van der Waals surface area contributed by atoms with Crippen LogP contribution in [0.15, 0.2) is 35.3 Å². The molecule has 6 heteroatoms. The zero-order valence-corrected chi connectivity index (χ0v) is 13.0. The Balaban J connectivity index is 1.45. The molecule has 2 aliphatic rings. The van der Waals surface area contributed by atoms with Crippen LogP contribution in [0, 0.1) is 0 Å². The summed E-state index contributed by atoms with van der Waals surface area (Å²) in [6, 6.07) is 10.0. The van der Waals surface area contributed by atoms with E-state index in [0.717, 1.165) is 56.1 Å². The van der Waals surface area contributed by atoms with E-state index in [2.05, 4.69) is 15.1 Å². The second-order valence-electron chi connectivity index (χ2n) is 5.88. The van der Waals surface area contributed by atoms with Gasteiger partial charge in [-0.3, -0.25) is 0 Å². The summed E-state index contributed by atoms with van der Waals surface area (Å²) >= 11 is 0. The van der Waals surface area contributed by atoms with Crippen molar-refractivity contribution in [3.05, 3.63) is 30.3 Å². The molecule has 1 fully saturated rings. The van der Waals surface area contributed by atoms with Crippen LogP contribution in [0.25, 0.3) is 11.4 Å². The Kier molecular flexibility index (Phi) is 4.17. The summed E-state index contributed by atoms with van der Waals surface area (Å²) in [6.45, 7) is 2.99. The Bertz CT molecular complexity index is 690. The summed E-state index contributed by atoms with van der Waals surface area (Å²) in [5, 5.41) is 4.55. The van der Waals surface area contributed by atoms with Crippen LogP contribution in [0.3, 0.4) is 0 Å². The normalized spacial score (nSPS) is 18.5. The highest BCUT2D eigenvalue weighted by molar-refractivity contribution is 5.88. The standard InChI is InChI=1S/C17H20N4O2/c1-2-4-13(5-3-1)16-19-17-18-14(6-9-21(17)20-16)12-23-15-7-10-22-11-8-15/h1-5,15H,6-12H2. The lowest BCUT2D eigenvalue weighted by molar-refractivity contribution is -0.0193. The Morgan fingerprint density at radius 1 is 1.17 bits per heavy atom. The minimum absolute atomic E-state index is 0.297. The number of hydrogen-bond acceptors (Lipinski definition) is 5. The second kappa shape index (κ2) is 6.60. The molecule has 3 heterocycles. The van der Waals surface area contributed by atoms with Gasteiger partial charge in [0.2, 0.25) is 5.95 Å². The lowest BCUT2D eigenvalue weighted by Crippen LogP contribution is -2.27. The van der Waals surface area contributed by atoms with E-state index in [1.165, 1.54) is 0 Å². The summed E-state index contributed by atoms with van der Waals surface area (Å²) in [5.41, 5.74) is 2.07. The van der Waals surface area contributed by atoms with E-state index in [0.29, 0.717) is 18.7 Å². The third-order valence-electron chi connectivity index (χ3n) is 4.21. The number of rotatable bonds is 4. The molecule has 23 heavy (non-hydrogen) atoms. The average Bonchev–Trinajstić information content (AvgIpc) is 3.05. The summed E-state index contributed by atoms with van der Waals surface area (Å²) in [4.78, 5) is 9.18. The Morgan fingerprint density at radius 2 is 2.00 bits per heavy atom. The molecule has 120 valence electrons. The average molecular weight is 312 g/mol. The first kappa shape index (κ1) is 14.5. The smallest absolute Gasteiger partial charge is 0.248 e. The molecule has 0 bridgehead atoms. The predicted octanol–water partition coefficient (Wildman–Crippen LogP) is 2.62. The fourth-order valence-corrected chi connectivity index (χ4v) is 2.87. The molecule has 0 unspecified atom stereocenters. The Hall–Kier alpha value is -2.05. The highest BCUT2D eigenvalue weighted by Crippen LogP contribution is 2.22. The molecular formula is C17H20N4O2. The predicted molar refractivity (Wildman–Crippen MR) is 87.0 cm³/mol. The van der Waals surface area contributed by atoms with E-state index in [-0.39, 0.29) is 0 Å². The van der Waals surface area contributed by atoms with Crippen LogP contribution >= 0.6 is 0 Å². The van der Waals surface area contributed by atoms with Gasteiger partial charge in [-0.25, -0.2) is 9.67 Å². The molecule has 2 aromatic rings. The van der Waals surface area contributed by atoms with Crippen molar-refractivity contribution < 1.29 is 9.47 Å².